The molecule has 0 radical (unpaired) electrons. The summed E-state index contributed by atoms with van der Waals surface area (Å²) in [6, 6.07) is 0.484. The second-order valence-corrected chi connectivity index (χ2v) is 6.61. The Morgan fingerprint density at radius 1 is 1.42 bits per heavy atom. The molecular formula is C15H32N2O2. The molecule has 3 unspecified atom stereocenters. The molecule has 114 valence electrons. The molecule has 1 aliphatic heterocycles. The summed E-state index contributed by atoms with van der Waals surface area (Å²) >= 11 is 0. The van der Waals surface area contributed by atoms with Crippen molar-refractivity contribution in [1.82, 2.24) is 10.2 Å². The second kappa shape index (κ2) is 7.58. The maximum Gasteiger partial charge on any atom is 0.0936 e. The lowest BCUT2D eigenvalue weighted by Crippen LogP contribution is -2.53. The predicted molar refractivity (Wildman–Crippen MR) is 79.4 cm³/mol. The molecule has 1 fully saturated rings. The smallest absolute Gasteiger partial charge is 0.0936 e. The molecule has 0 saturated carbocycles. The number of rotatable bonds is 7. The molecule has 0 aromatic heterocycles. The van der Waals surface area contributed by atoms with E-state index >= 15 is 0 Å². The van der Waals surface area contributed by atoms with E-state index < -0.39 is 0 Å². The van der Waals surface area contributed by atoms with Crippen LogP contribution in [0.15, 0.2) is 0 Å². The number of nitrogens with zero attached hydrogens (tertiary/aromatic N) is 1. The minimum Gasteiger partial charge on any atom is -0.394 e. The molecular weight excluding hydrogens is 240 g/mol. The van der Waals surface area contributed by atoms with Crippen LogP contribution in [0.5, 0.6) is 0 Å². The minimum absolute atomic E-state index is 0.0292. The Kier molecular flexibility index (Phi) is 6.74. The van der Waals surface area contributed by atoms with Gasteiger partial charge in [0.2, 0.25) is 0 Å². The van der Waals surface area contributed by atoms with Gasteiger partial charge in [0.15, 0.2) is 0 Å². The summed E-state index contributed by atoms with van der Waals surface area (Å²) in [7, 11) is 0. The molecule has 0 spiro atoms. The standard InChI is InChI=1S/C15H32N2O2/c1-6-7-16-13(3)15(4,5)11-17-8-12(2)19-14(9-17)10-18/h12-14,16,18H,6-11H2,1-5H3. The van der Waals surface area contributed by atoms with Crippen molar-refractivity contribution >= 4 is 0 Å². The Bertz CT molecular complexity index is 259. The van der Waals surface area contributed by atoms with E-state index in [9.17, 15) is 5.11 Å². The van der Waals surface area contributed by atoms with E-state index in [4.69, 9.17) is 4.74 Å². The molecule has 19 heavy (non-hydrogen) atoms. The highest BCUT2D eigenvalue weighted by molar-refractivity contribution is 4.86. The molecule has 0 aromatic rings. The van der Waals surface area contributed by atoms with Crippen LogP contribution in [0.2, 0.25) is 0 Å². The molecule has 0 bridgehead atoms. The Morgan fingerprint density at radius 3 is 2.68 bits per heavy atom. The quantitative estimate of drug-likeness (QED) is 0.737. The largest absolute Gasteiger partial charge is 0.394 e. The highest BCUT2D eigenvalue weighted by Gasteiger charge is 2.32. The summed E-state index contributed by atoms with van der Waals surface area (Å²) in [5.41, 5.74) is 0.215. The number of hydrogen-bond acceptors (Lipinski definition) is 4. The van der Waals surface area contributed by atoms with Crippen LogP contribution in [0, 0.1) is 5.41 Å². The first kappa shape index (κ1) is 16.9. The first-order valence-electron chi connectivity index (χ1n) is 7.61. The summed E-state index contributed by atoms with van der Waals surface area (Å²) < 4.78 is 5.70. The van der Waals surface area contributed by atoms with Crippen molar-refractivity contribution in [3.05, 3.63) is 0 Å². The fraction of sp³-hybridized carbons (Fsp3) is 1.00. The molecule has 1 heterocycles. The van der Waals surface area contributed by atoms with Gasteiger partial charge in [0.1, 0.15) is 0 Å². The zero-order valence-electron chi connectivity index (χ0n) is 13.3. The molecule has 1 saturated heterocycles. The number of ether oxygens (including phenoxy) is 1. The number of morpholine rings is 1. The van der Waals surface area contributed by atoms with Gasteiger partial charge in [-0.15, -0.1) is 0 Å². The molecule has 0 amide bonds. The van der Waals surface area contributed by atoms with E-state index in [1.54, 1.807) is 0 Å². The average molecular weight is 272 g/mol. The van der Waals surface area contributed by atoms with E-state index in [1.165, 1.54) is 6.42 Å². The van der Waals surface area contributed by atoms with Crippen LogP contribution in [0.1, 0.15) is 41.0 Å². The van der Waals surface area contributed by atoms with Gasteiger partial charge in [-0.1, -0.05) is 20.8 Å². The molecule has 0 aliphatic carbocycles. The first-order valence-corrected chi connectivity index (χ1v) is 7.61. The Labute approximate surface area is 118 Å². The monoisotopic (exact) mass is 272 g/mol. The van der Waals surface area contributed by atoms with Crippen molar-refractivity contribution in [2.24, 2.45) is 5.41 Å². The summed E-state index contributed by atoms with van der Waals surface area (Å²) in [6.45, 7) is 15.2. The lowest BCUT2D eigenvalue weighted by Gasteiger charge is -2.42. The van der Waals surface area contributed by atoms with E-state index in [-0.39, 0.29) is 24.2 Å². The lowest BCUT2D eigenvalue weighted by molar-refractivity contribution is -0.102. The zero-order chi connectivity index (χ0) is 14.5. The third-order valence-electron chi connectivity index (χ3n) is 4.11. The van der Waals surface area contributed by atoms with Crippen LogP contribution in [0.4, 0.5) is 0 Å². The van der Waals surface area contributed by atoms with Crippen LogP contribution < -0.4 is 5.32 Å². The van der Waals surface area contributed by atoms with Gasteiger partial charge in [-0.3, -0.25) is 4.90 Å². The maximum absolute atomic E-state index is 9.29. The molecule has 3 atom stereocenters. The van der Waals surface area contributed by atoms with Crippen molar-refractivity contribution in [2.45, 2.75) is 59.3 Å². The third kappa shape index (κ3) is 5.38. The fourth-order valence-corrected chi connectivity index (χ4v) is 2.72. The number of aliphatic hydroxyl groups excluding tert-OH is 1. The van der Waals surface area contributed by atoms with Gasteiger partial charge in [-0.25, -0.2) is 0 Å². The van der Waals surface area contributed by atoms with Crippen molar-refractivity contribution < 1.29 is 9.84 Å². The number of aliphatic hydroxyl groups is 1. The van der Waals surface area contributed by atoms with Crippen molar-refractivity contribution in [1.29, 1.82) is 0 Å². The van der Waals surface area contributed by atoms with E-state index in [2.05, 4.69) is 44.8 Å². The van der Waals surface area contributed by atoms with Crippen molar-refractivity contribution in [3.63, 3.8) is 0 Å². The summed E-state index contributed by atoms with van der Waals surface area (Å²) in [5, 5.41) is 12.9. The fourth-order valence-electron chi connectivity index (χ4n) is 2.72. The Morgan fingerprint density at radius 2 is 2.11 bits per heavy atom. The van der Waals surface area contributed by atoms with Gasteiger partial charge < -0.3 is 15.2 Å². The van der Waals surface area contributed by atoms with Gasteiger partial charge in [0.05, 0.1) is 18.8 Å². The molecule has 1 aliphatic rings. The van der Waals surface area contributed by atoms with Crippen LogP contribution in [-0.2, 0) is 4.74 Å². The molecule has 4 heteroatoms. The van der Waals surface area contributed by atoms with Gasteiger partial charge in [0.25, 0.3) is 0 Å². The van der Waals surface area contributed by atoms with Gasteiger partial charge >= 0.3 is 0 Å². The van der Waals surface area contributed by atoms with Crippen LogP contribution in [0.25, 0.3) is 0 Å². The number of hydrogen-bond donors (Lipinski definition) is 2. The number of nitrogens with one attached hydrogen (secondary N) is 1. The third-order valence-corrected chi connectivity index (χ3v) is 4.11. The Hall–Kier alpha value is -0.160. The lowest BCUT2D eigenvalue weighted by atomic mass is 9.84. The normalized spacial score (nSPS) is 27.5. The van der Waals surface area contributed by atoms with E-state index in [0.717, 1.165) is 26.2 Å². The van der Waals surface area contributed by atoms with E-state index in [1.807, 2.05) is 0 Å². The van der Waals surface area contributed by atoms with Gasteiger partial charge in [-0.2, -0.15) is 0 Å². The van der Waals surface area contributed by atoms with Crippen LogP contribution in [0.3, 0.4) is 0 Å². The maximum atomic E-state index is 9.29. The van der Waals surface area contributed by atoms with Crippen LogP contribution in [-0.4, -0.2) is 61.0 Å². The highest BCUT2D eigenvalue weighted by atomic mass is 16.5. The zero-order valence-corrected chi connectivity index (χ0v) is 13.3. The van der Waals surface area contributed by atoms with E-state index in [0.29, 0.717) is 6.04 Å². The summed E-state index contributed by atoms with van der Waals surface area (Å²) in [5.74, 6) is 0. The molecule has 4 nitrogen and oxygen atoms in total. The van der Waals surface area contributed by atoms with Gasteiger partial charge in [-0.05, 0) is 32.2 Å². The van der Waals surface area contributed by atoms with Crippen LogP contribution >= 0.6 is 0 Å². The van der Waals surface area contributed by atoms with Crippen molar-refractivity contribution in [2.75, 3.05) is 32.8 Å². The predicted octanol–water partition coefficient (Wildman–Crippen LogP) is 1.48. The van der Waals surface area contributed by atoms with Gasteiger partial charge in [0, 0.05) is 25.7 Å². The molecule has 0 aromatic carbocycles. The molecule has 2 N–H and O–H groups in total. The summed E-state index contributed by atoms with van der Waals surface area (Å²) in [4.78, 5) is 2.43. The first-order chi connectivity index (χ1) is 8.89. The SMILES string of the molecule is CCCNC(C)C(C)(C)CN1CC(C)OC(CO)C1. The molecule has 1 rings (SSSR count). The van der Waals surface area contributed by atoms with Crippen molar-refractivity contribution in [3.8, 4) is 0 Å². The second-order valence-electron chi connectivity index (χ2n) is 6.61. The Balaban J connectivity index is 2.51. The minimum atomic E-state index is -0.0292. The highest BCUT2D eigenvalue weighted by Crippen LogP contribution is 2.24. The average Bonchev–Trinajstić information content (AvgIpc) is 2.34. The topological polar surface area (TPSA) is 44.7 Å². The summed E-state index contributed by atoms with van der Waals surface area (Å²) in [6.07, 6.45) is 1.35.